The number of amides is 2. The highest BCUT2D eigenvalue weighted by Crippen LogP contribution is 2.25. The number of hydrogen-bond acceptors (Lipinski definition) is 7. The van der Waals surface area contributed by atoms with E-state index >= 15 is 0 Å². The van der Waals surface area contributed by atoms with E-state index in [1.807, 2.05) is 0 Å². The van der Waals surface area contributed by atoms with Crippen LogP contribution in [0.15, 0.2) is 34.2 Å². The van der Waals surface area contributed by atoms with Crippen LogP contribution in [-0.4, -0.2) is 48.3 Å². The Hall–Kier alpha value is -2.44. The number of carbonyl (C=O) groups is 3. The lowest BCUT2D eigenvalue weighted by molar-refractivity contribution is -0.137. The fourth-order valence-electron chi connectivity index (χ4n) is 1.83. The third-order valence-corrected chi connectivity index (χ3v) is 4.99. The molecule has 0 aromatic heterocycles. The van der Waals surface area contributed by atoms with E-state index in [0.29, 0.717) is 5.69 Å². The van der Waals surface area contributed by atoms with Crippen LogP contribution in [-0.2, 0) is 24.4 Å². The molecule has 0 spiro atoms. The highest BCUT2D eigenvalue weighted by Gasteiger charge is 2.32. The summed E-state index contributed by atoms with van der Waals surface area (Å²) in [5.41, 5.74) is 0.395. The molecule has 0 bridgehead atoms. The van der Waals surface area contributed by atoms with E-state index < -0.39 is 39.6 Å². The molecule has 1 aliphatic heterocycles. The monoisotopic (exact) mass is 386 g/mol. The van der Waals surface area contributed by atoms with Crippen LogP contribution < -0.4 is 15.8 Å². The first-order valence-electron chi connectivity index (χ1n) is 6.83. The van der Waals surface area contributed by atoms with Gasteiger partial charge < -0.3 is 15.7 Å². The van der Waals surface area contributed by atoms with E-state index in [0.717, 1.165) is 11.8 Å². The molecule has 134 valence electrons. The lowest BCUT2D eigenvalue weighted by Crippen LogP contribution is -2.33. The highest BCUT2D eigenvalue weighted by molar-refractivity contribution is 8.15. The molecule has 10 nitrogen and oxygen atoms in total. The van der Waals surface area contributed by atoms with E-state index in [1.54, 1.807) is 0 Å². The highest BCUT2D eigenvalue weighted by atomic mass is 32.2. The van der Waals surface area contributed by atoms with Gasteiger partial charge in [-0.25, -0.2) is 18.5 Å². The molecule has 0 saturated carbocycles. The molecule has 1 saturated heterocycles. The van der Waals surface area contributed by atoms with Crippen molar-refractivity contribution in [1.82, 2.24) is 10.6 Å². The summed E-state index contributed by atoms with van der Waals surface area (Å²) < 4.78 is 22.4. The second-order valence-corrected chi connectivity index (χ2v) is 7.68. The Morgan fingerprint density at radius 2 is 1.96 bits per heavy atom. The Kier molecular flexibility index (Phi) is 5.77. The first-order chi connectivity index (χ1) is 11.6. The van der Waals surface area contributed by atoms with Gasteiger partial charge in [0.2, 0.25) is 21.8 Å². The molecule has 2 amide bonds. The standard InChI is InChI=1S/C13H14N4O6S2/c14-25(22,23)8-3-1-7(2-4-8)16-13-17-12(21)9(24-13)5-10(18)15-6-11(19)20/h1-4,9H,5-6H2,(H,15,18)(H,19,20)(H2,14,22,23)(H,16,17,21). The largest absolute Gasteiger partial charge is 0.480 e. The lowest BCUT2D eigenvalue weighted by atomic mass is 10.2. The number of sulfonamides is 1. The summed E-state index contributed by atoms with van der Waals surface area (Å²) in [6.45, 7) is -0.519. The average molecular weight is 386 g/mol. The van der Waals surface area contributed by atoms with Crippen molar-refractivity contribution >= 4 is 50.4 Å². The van der Waals surface area contributed by atoms with E-state index in [-0.39, 0.29) is 16.5 Å². The molecule has 2 rings (SSSR count). The van der Waals surface area contributed by atoms with Gasteiger partial charge in [-0.1, -0.05) is 11.8 Å². The van der Waals surface area contributed by atoms with Crippen LogP contribution in [0.25, 0.3) is 0 Å². The van der Waals surface area contributed by atoms with Crippen LogP contribution in [0.1, 0.15) is 6.42 Å². The predicted molar refractivity (Wildman–Crippen MR) is 89.7 cm³/mol. The molecule has 1 atom stereocenters. The quantitative estimate of drug-likeness (QED) is 0.493. The SMILES string of the molecule is NS(=O)(=O)c1ccc(N=C2NC(=O)C(CC(=O)NCC(=O)O)S2)cc1. The van der Waals surface area contributed by atoms with Crippen molar-refractivity contribution in [3.63, 3.8) is 0 Å². The van der Waals surface area contributed by atoms with Gasteiger partial charge in [0.25, 0.3) is 0 Å². The normalized spacial score (nSPS) is 18.8. The number of nitrogens with one attached hydrogen (secondary N) is 2. The minimum atomic E-state index is -3.80. The van der Waals surface area contributed by atoms with Gasteiger partial charge >= 0.3 is 5.97 Å². The fourth-order valence-corrected chi connectivity index (χ4v) is 3.34. The molecule has 1 aromatic carbocycles. The maximum atomic E-state index is 11.8. The first kappa shape index (κ1) is 18.9. The van der Waals surface area contributed by atoms with Crippen molar-refractivity contribution in [3.8, 4) is 0 Å². The van der Waals surface area contributed by atoms with Crippen LogP contribution in [0.2, 0.25) is 0 Å². The van der Waals surface area contributed by atoms with Crippen molar-refractivity contribution < 1.29 is 27.9 Å². The Balaban J connectivity index is 2.00. The Labute approximate surface area is 146 Å². The number of rotatable bonds is 6. The molecule has 1 aliphatic rings. The summed E-state index contributed by atoms with van der Waals surface area (Å²) in [4.78, 5) is 37.9. The van der Waals surface area contributed by atoms with Crippen LogP contribution in [0.4, 0.5) is 5.69 Å². The number of aliphatic carboxylic acids is 1. The smallest absolute Gasteiger partial charge is 0.322 e. The van der Waals surface area contributed by atoms with Gasteiger partial charge in [0.15, 0.2) is 5.17 Å². The van der Waals surface area contributed by atoms with Gasteiger partial charge in [-0.05, 0) is 24.3 Å². The van der Waals surface area contributed by atoms with Crippen LogP contribution >= 0.6 is 11.8 Å². The van der Waals surface area contributed by atoms with Gasteiger partial charge in [0, 0.05) is 6.42 Å². The zero-order chi connectivity index (χ0) is 18.6. The summed E-state index contributed by atoms with van der Waals surface area (Å²) in [5.74, 6) is -2.16. The predicted octanol–water partition coefficient (Wildman–Crippen LogP) is -0.856. The molecule has 1 unspecified atom stereocenters. The van der Waals surface area contributed by atoms with Crippen LogP contribution in [0.5, 0.6) is 0 Å². The van der Waals surface area contributed by atoms with Gasteiger partial charge in [-0.3, -0.25) is 14.4 Å². The Morgan fingerprint density at radius 1 is 1.32 bits per heavy atom. The van der Waals surface area contributed by atoms with E-state index in [4.69, 9.17) is 10.2 Å². The number of carbonyl (C=O) groups excluding carboxylic acids is 2. The molecule has 1 heterocycles. The number of carboxylic acids is 1. The van der Waals surface area contributed by atoms with E-state index in [1.165, 1.54) is 24.3 Å². The molecule has 25 heavy (non-hydrogen) atoms. The maximum Gasteiger partial charge on any atom is 0.322 e. The van der Waals surface area contributed by atoms with E-state index in [9.17, 15) is 22.8 Å². The summed E-state index contributed by atoms with van der Waals surface area (Å²) in [6, 6.07) is 5.42. The second-order valence-electron chi connectivity index (χ2n) is 4.93. The van der Waals surface area contributed by atoms with Crippen molar-refractivity contribution in [3.05, 3.63) is 24.3 Å². The van der Waals surface area contributed by atoms with Crippen LogP contribution in [0, 0.1) is 0 Å². The van der Waals surface area contributed by atoms with Crippen molar-refractivity contribution in [2.45, 2.75) is 16.6 Å². The zero-order valence-electron chi connectivity index (χ0n) is 12.6. The zero-order valence-corrected chi connectivity index (χ0v) is 14.3. The lowest BCUT2D eigenvalue weighted by Gasteiger charge is -2.04. The minimum Gasteiger partial charge on any atom is -0.480 e. The van der Waals surface area contributed by atoms with Crippen LogP contribution in [0.3, 0.4) is 0 Å². The number of nitrogens with zero attached hydrogens (tertiary/aromatic N) is 1. The minimum absolute atomic E-state index is 0.0625. The summed E-state index contributed by atoms with van der Waals surface area (Å²) in [5, 5.41) is 17.7. The number of benzene rings is 1. The number of thioether (sulfide) groups is 1. The third kappa shape index (κ3) is 5.55. The van der Waals surface area contributed by atoms with Gasteiger partial charge in [0.05, 0.1) is 10.6 Å². The molecular formula is C13H14N4O6S2. The number of aliphatic imine (C=N–C) groups is 1. The van der Waals surface area contributed by atoms with Gasteiger partial charge in [0.1, 0.15) is 11.8 Å². The number of amidine groups is 1. The molecule has 0 aliphatic carbocycles. The molecular weight excluding hydrogens is 372 g/mol. The second kappa shape index (κ2) is 7.63. The summed E-state index contributed by atoms with van der Waals surface area (Å²) >= 11 is 1.02. The first-order valence-corrected chi connectivity index (χ1v) is 9.25. The molecule has 1 aromatic rings. The van der Waals surface area contributed by atoms with Gasteiger partial charge in [-0.2, -0.15) is 0 Å². The Morgan fingerprint density at radius 3 is 2.52 bits per heavy atom. The maximum absolute atomic E-state index is 11.8. The third-order valence-electron chi connectivity index (χ3n) is 2.98. The molecule has 1 fully saturated rings. The van der Waals surface area contributed by atoms with Crippen molar-refractivity contribution in [1.29, 1.82) is 0 Å². The topological polar surface area (TPSA) is 168 Å². The van der Waals surface area contributed by atoms with Crippen molar-refractivity contribution in [2.24, 2.45) is 10.1 Å². The van der Waals surface area contributed by atoms with Crippen molar-refractivity contribution in [2.75, 3.05) is 6.54 Å². The number of nitrogens with two attached hydrogens (primary N) is 1. The molecule has 12 heteroatoms. The number of hydrogen-bond donors (Lipinski definition) is 4. The fraction of sp³-hybridized carbons (Fsp3) is 0.231. The molecule has 0 radical (unpaired) electrons. The summed E-state index contributed by atoms with van der Waals surface area (Å²) in [7, 11) is -3.80. The number of carboxylic acid groups (broad SMARTS) is 1. The summed E-state index contributed by atoms with van der Waals surface area (Å²) in [6.07, 6.45) is -0.187. The van der Waals surface area contributed by atoms with E-state index in [2.05, 4.69) is 15.6 Å². The van der Waals surface area contributed by atoms with Gasteiger partial charge in [-0.15, -0.1) is 0 Å². The number of primary sulfonamides is 1. The average Bonchev–Trinajstić information content (AvgIpc) is 2.84. The Bertz CT molecular complexity index is 835. The molecule has 5 N–H and O–H groups in total.